The van der Waals surface area contributed by atoms with E-state index in [1.807, 2.05) is 24.3 Å². The molecule has 4 rings (SSSR count). The van der Waals surface area contributed by atoms with Gasteiger partial charge in [0.05, 0.1) is 10.6 Å². The average molecular weight is 355 g/mol. The molecule has 5 heteroatoms. The summed E-state index contributed by atoms with van der Waals surface area (Å²) in [5.74, 6) is -0.258. The quantitative estimate of drug-likeness (QED) is 0.844. The Morgan fingerprint density at radius 1 is 1.08 bits per heavy atom. The Bertz CT molecular complexity index is 851. The molecule has 1 saturated heterocycles. The van der Waals surface area contributed by atoms with E-state index in [0.717, 1.165) is 24.1 Å². The van der Waals surface area contributed by atoms with Gasteiger partial charge in [-0.15, -0.1) is 0 Å². The standard InChI is InChI=1S/C20H19ClN2O2/c21-16-9-3-2-8-15(16)18(24)23-12-6-5-11-20(23)13-14-7-1-4-10-17(14)22-19(20)25/h1-4,7-10H,5-6,11-13H2,(H,22,25). The second kappa shape index (κ2) is 6.19. The van der Waals surface area contributed by atoms with Crippen LogP contribution >= 0.6 is 11.6 Å². The summed E-state index contributed by atoms with van der Waals surface area (Å²) in [5, 5.41) is 3.43. The number of fused-ring (bicyclic) bond motifs is 1. The van der Waals surface area contributed by atoms with E-state index in [4.69, 9.17) is 11.6 Å². The van der Waals surface area contributed by atoms with Crippen LogP contribution in [-0.4, -0.2) is 28.8 Å². The van der Waals surface area contributed by atoms with E-state index in [9.17, 15) is 9.59 Å². The van der Waals surface area contributed by atoms with Gasteiger partial charge in [-0.05, 0) is 43.0 Å². The number of likely N-dealkylation sites (tertiary alicyclic amines) is 1. The van der Waals surface area contributed by atoms with Crippen molar-refractivity contribution in [1.29, 1.82) is 0 Å². The summed E-state index contributed by atoms with van der Waals surface area (Å²) < 4.78 is 0. The van der Waals surface area contributed by atoms with Crippen LogP contribution in [0.2, 0.25) is 5.02 Å². The first-order chi connectivity index (χ1) is 12.1. The molecule has 2 heterocycles. The van der Waals surface area contributed by atoms with Crippen molar-refractivity contribution >= 4 is 29.1 Å². The zero-order valence-electron chi connectivity index (χ0n) is 13.8. The molecule has 2 aliphatic heterocycles. The van der Waals surface area contributed by atoms with Crippen molar-refractivity contribution < 1.29 is 9.59 Å². The molecule has 0 aliphatic carbocycles. The number of halogens is 1. The zero-order valence-corrected chi connectivity index (χ0v) is 14.6. The van der Waals surface area contributed by atoms with Gasteiger partial charge in [0.2, 0.25) is 0 Å². The van der Waals surface area contributed by atoms with Gasteiger partial charge in [-0.25, -0.2) is 0 Å². The summed E-state index contributed by atoms with van der Waals surface area (Å²) in [6, 6.07) is 14.8. The predicted octanol–water partition coefficient (Wildman–Crippen LogP) is 3.90. The fourth-order valence-electron chi connectivity index (χ4n) is 3.96. The third kappa shape index (κ3) is 2.61. The van der Waals surface area contributed by atoms with Crippen molar-refractivity contribution in [3.8, 4) is 0 Å². The largest absolute Gasteiger partial charge is 0.324 e. The van der Waals surface area contributed by atoms with Gasteiger partial charge in [0.25, 0.3) is 11.8 Å². The van der Waals surface area contributed by atoms with Gasteiger partial charge in [-0.3, -0.25) is 9.59 Å². The summed E-state index contributed by atoms with van der Waals surface area (Å²) in [5.41, 5.74) is 1.54. The Labute approximate surface area is 151 Å². The van der Waals surface area contributed by atoms with Crippen LogP contribution in [0, 0.1) is 0 Å². The number of rotatable bonds is 1. The third-order valence-corrected chi connectivity index (χ3v) is 5.59. The summed E-state index contributed by atoms with van der Waals surface area (Å²) in [6.45, 7) is 0.569. The molecule has 1 spiro atoms. The SMILES string of the molecule is O=C(c1ccccc1Cl)N1CCCCC12Cc1ccccc1NC2=O. The smallest absolute Gasteiger partial charge is 0.256 e. The lowest BCUT2D eigenvalue weighted by atomic mass is 9.77. The third-order valence-electron chi connectivity index (χ3n) is 5.26. The molecule has 1 unspecified atom stereocenters. The van der Waals surface area contributed by atoms with Crippen LogP contribution < -0.4 is 5.32 Å². The number of nitrogens with zero attached hydrogens (tertiary/aromatic N) is 1. The average Bonchev–Trinajstić information content (AvgIpc) is 2.63. The van der Waals surface area contributed by atoms with E-state index >= 15 is 0 Å². The van der Waals surface area contributed by atoms with Crippen LogP contribution in [-0.2, 0) is 11.2 Å². The zero-order chi connectivity index (χ0) is 17.4. The highest BCUT2D eigenvalue weighted by atomic mass is 35.5. The molecule has 2 aromatic carbocycles. The first-order valence-electron chi connectivity index (χ1n) is 8.58. The van der Waals surface area contributed by atoms with Gasteiger partial charge in [0.15, 0.2) is 0 Å². The number of hydrogen-bond acceptors (Lipinski definition) is 2. The molecular formula is C20H19ClN2O2. The van der Waals surface area contributed by atoms with Gasteiger partial charge in [-0.1, -0.05) is 41.9 Å². The first-order valence-corrected chi connectivity index (χ1v) is 8.95. The predicted molar refractivity (Wildman–Crippen MR) is 97.8 cm³/mol. The molecule has 2 aliphatic rings. The topological polar surface area (TPSA) is 49.4 Å². The molecule has 128 valence electrons. The van der Waals surface area contributed by atoms with E-state index < -0.39 is 5.54 Å². The van der Waals surface area contributed by atoms with Crippen LogP contribution in [0.5, 0.6) is 0 Å². The van der Waals surface area contributed by atoms with Gasteiger partial charge in [-0.2, -0.15) is 0 Å². The summed E-state index contributed by atoms with van der Waals surface area (Å²) in [6.07, 6.45) is 3.04. The van der Waals surface area contributed by atoms with Crippen LogP contribution in [0.4, 0.5) is 5.69 Å². The fourth-order valence-corrected chi connectivity index (χ4v) is 4.18. The highest BCUT2D eigenvalue weighted by molar-refractivity contribution is 6.33. The number of nitrogens with one attached hydrogen (secondary N) is 1. The van der Waals surface area contributed by atoms with Crippen molar-refractivity contribution in [3.05, 3.63) is 64.7 Å². The molecular weight excluding hydrogens is 336 g/mol. The first kappa shape index (κ1) is 16.2. The van der Waals surface area contributed by atoms with E-state index in [1.165, 1.54) is 0 Å². The second-order valence-electron chi connectivity index (χ2n) is 6.71. The minimum Gasteiger partial charge on any atom is -0.324 e. The Hall–Kier alpha value is -2.33. The molecule has 0 radical (unpaired) electrons. The Morgan fingerprint density at radius 3 is 2.68 bits per heavy atom. The molecule has 0 saturated carbocycles. The van der Waals surface area contributed by atoms with Crippen molar-refractivity contribution in [2.45, 2.75) is 31.2 Å². The van der Waals surface area contributed by atoms with Crippen LogP contribution in [0.25, 0.3) is 0 Å². The number of piperidine rings is 1. The van der Waals surface area contributed by atoms with Gasteiger partial charge in [0, 0.05) is 18.7 Å². The molecule has 0 bridgehead atoms. The fraction of sp³-hybridized carbons (Fsp3) is 0.300. The maximum atomic E-state index is 13.2. The van der Waals surface area contributed by atoms with Crippen molar-refractivity contribution in [1.82, 2.24) is 4.90 Å². The molecule has 25 heavy (non-hydrogen) atoms. The minimum absolute atomic E-state index is 0.0914. The van der Waals surface area contributed by atoms with Crippen molar-refractivity contribution in [3.63, 3.8) is 0 Å². The molecule has 1 N–H and O–H groups in total. The molecule has 1 atom stereocenters. The van der Waals surface area contributed by atoms with Gasteiger partial charge in [0.1, 0.15) is 5.54 Å². The Kier molecular flexibility index (Phi) is 4.00. The normalized spacial score (nSPS) is 22.4. The summed E-state index contributed by atoms with van der Waals surface area (Å²) in [4.78, 5) is 28.0. The van der Waals surface area contributed by atoms with E-state index in [-0.39, 0.29) is 11.8 Å². The van der Waals surface area contributed by atoms with E-state index in [1.54, 1.807) is 29.2 Å². The lowest BCUT2D eigenvalue weighted by Crippen LogP contribution is -2.63. The van der Waals surface area contributed by atoms with Crippen molar-refractivity contribution in [2.75, 3.05) is 11.9 Å². The maximum Gasteiger partial charge on any atom is 0.256 e. The van der Waals surface area contributed by atoms with E-state index in [2.05, 4.69) is 5.32 Å². The van der Waals surface area contributed by atoms with Crippen LogP contribution in [0.15, 0.2) is 48.5 Å². The highest BCUT2D eigenvalue weighted by Gasteiger charge is 2.50. The molecule has 0 aromatic heterocycles. The van der Waals surface area contributed by atoms with Crippen molar-refractivity contribution in [2.24, 2.45) is 0 Å². The molecule has 2 amide bonds. The lowest BCUT2D eigenvalue weighted by molar-refractivity contribution is -0.129. The Morgan fingerprint density at radius 2 is 1.84 bits per heavy atom. The number of carbonyl (C=O) groups is 2. The monoisotopic (exact) mass is 354 g/mol. The van der Waals surface area contributed by atoms with Crippen LogP contribution in [0.3, 0.4) is 0 Å². The maximum absolute atomic E-state index is 13.2. The molecule has 2 aromatic rings. The van der Waals surface area contributed by atoms with Crippen LogP contribution in [0.1, 0.15) is 35.2 Å². The Balaban J connectivity index is 1.76. The minimum atomic E-state index is -0.830. The van der Waals surface area contributed by atoms with Gasteiger partial charge >= 0.3 is 0 Å². The number of carbonyl (C=O) groups excluding carboxylic acids is 2. The number of benzene rings is 2. The number of anilines is 1. The second-order valence-corrected chi connectivity index (χ2v) is 7.12. The molecule has 1 fully saturated rings. The van der Waals surface area contributed by atoms with Gasteiger partial charge < -0.3 is 10.2 Å². The summed E-state index contributed by atoms with van der Waals surface area (Å²) >= 11 is 6.24. The molecule has 4 nitrogen and oxygen atoms in total. The highest BCUT2D eigenvalue weighted by Crippen LogP contribution is 2.39. The number of para-hydroxylation sites is 1. The number of amides is 2. The summed E-state index contributed by atoms with van der Waals surface area (Å²) in [7, 11) is 0. The van der Waals surface area contributed by atoms with E-state index in [0.29, 0.717) is 30.0 Å². The lowest BCUT2D eigenvalue weighted by Gasteiger charge is -2.48. The number of hydrogen-bond donors (Lipinski definition) is 1.